The average molecular weight is 457 g/mol. The number of aryl methyl sites for hydroxylation is 2. The summed E-state index contributed by atoms with van der Waals surface area (Å²) in [7, 11) is 0. The number of benzene rings is 2. The third-order valence-corrected chi connectivity index (χ3v) is 5.80. The number of carbonyl (C=O) groups is 2. The quantitative estimate of drug-likeness (QED) is 0.578. The molecule has 1 aliphatic heterocycles. The summed E-state index contributed by atoms with van der Waals surface area (Å²) in [6.07, 6.45) is 0. The van der Waals surface area contributed by atoms with Crippen molar-refractivity contribution in [3.8, 4) is 5.75 Å². The van der Waals surface area contributed by atoms with E-state index in [-0.39, 0.29) is 19.2 Å². The van der Waals surface area contributed by atoms with Gasteiger partial charge in [0, 0.05) is 11.6 Å². The number of urea groups is 1. The van der Waals surface area contributed by atoms with Gasteiger partial charge in [0.15, 0.2) is 0 Å². The van der Waals surface area contributed by atoms with Gasteiger partial charge in [0.25, 0.3) is 0 Å². The van der Waals surface area contributed by atoms with Crippen molar-refractivity contribution in [1.29, 1.82) is 0 Å². The summed E-state index contributed by atoms with van der Waals surface area (Å²) in [5.74, 6) is 0.228. The van der Waals surface area contributed by atoms with Crippen LogP contribution in [0.15, 0.2) is 47.7 Å². The molecule has 0 aromatic heterocycles. The number of ether oxygens (including phenoxy) is 2. The number of esters is 1. The largest absolute Gasteiger partial charge is 0.487 e. The lowest BCUT2D eigenvalue weighted by atomic mass is 9.94. The van der Waals surface area contributed by atoms with Gasteiger partial charge in [-0.05, 0) is 75.1 Å². The third-order valence-electron chi connectivity index (χ3n) is 5.56. The Kier molecular flexibility index (Phi) is 7.46. The van der Waals surface area contributed by atoms with Gasteiger partial charge in [-0.25, -0.2) is 9.59 Å². The number of rotatable bonds is 7. The maximum atomic E-state index is 13.1. The lowest BCUT2D eigenvalue weighted by Gasteiger charge is -2.36. The first-order chi connectivity index (χ1) is 15.3. The zero-order chi connectivity index (χ0) is 23.4. The van der Waals surface area contributed by atoms with Crippen molar-refractivity contribution >= 4 is 23.6 Å². The molecule has 1 atom stereocenters. The summed E-state index contributed by atoms with van der Waals surface area (Å²) < 4.78 is 11.5. The van der Waals surface area contributed by atoms with Crippen molar-refractivity contribution in [3.05, 3.63) is 74.9 Å². The summed E-state index contributed by atoms with van der Waals surface area (Å²) >= 11 is 6.19. The van der Waals surface area contributed by atoms with E-state index in [0.29, 0.717) is 28.4 Å². The molecule has 2 aromatic carbocycles. The minimum Gasteiger partial charge on any atom is -0.487 e. The zero-order valence-corrected chi connectivity index (χ0v) is 19.9. The SMILES string of the molecule is CCOC(=O)C1=C(COc2cc(C)cc(C)c2C)N(CC)C(=O)N[C@H]1c1cccc(Cl)c1. The second kappa shape index (κ2) is 10.1. The molecule has 2 amide bonds. The number of nitrogens with one attached hydrogen (secondary N) is 1. The molecule has 0 unspecified atom stereocenters. The number of hydrogen-bond donors (Lipinski definition) is 1. The van der Waals surface area contributed by atoms with E-state index in [1.54, 1.807) is 25.1 Å². The highest BCUT2D eigenvalue weighted by Gasteiger charge is 2.38. The molecule has 0 spiro atoms. The number of carbonyl (C=O) groups excluding carboxylic acids is 2. The molecule has 2 aromatic rings. The van der Waals surface area contributed by atoms with Crippen LogP contribution in [-0.4, -0.2) is 36.7 Å². The highest BCUT2D eigenvalue weighted by molar-refractivity contribution is 6.30. The van der Waals surface area contributed by atoms with Crippen molar-refractivity contribution < 1.29 is 19.1 Å². The van der Waals surface area contributed by atoms with E-state index >= 15 is 0 Å². The van der Waals surface area contributed by atoms with Gasteiger partial charge >= 0.3 is 12.0 Å². The van der Waals surface area contributed by atoms with E-state index in [0.717, 1.165) is 22.4 Å². The molecule has 0 fully saturated rings. The maximum Gasteiger partial charge on any atom is 0.338 e. The molecule has 0 saturated heterocycles. The maximum absolute atomic E-state index is 13.1. The van der Waals surface area contributed by atoms with Crippen LogP contribution < -0.4 is 10.1 Å². The lowest BCUT2D eigenvalue weighted by molar-refractivity contribution is -0.139. The Morgan fingerprint density at radius 2 is 1.91 bits per heavy atom. The Labute approximate surface area is 194 Å². The van der Waals surface area contributed by atoms with Crippen LogP contribution in [0.5, 0.6) is 5.75 Å². The van der Waals surface area contributed by atoms with E-state index in [1.807, 2.05) is 39.8 Å². The molecule has 7 heteroatoms. The van der Waals surface area contributed by atoms with Crippen molar-refractivity contribution in [3.63, 3.8) is 0 Å². The van der Waals surface area contributed by atoms with Crippen molar-refractivity contribution in [2.24, 2.45) is 0 Å². The van der Waals surface area contributed by atoms with Crippen molar-refractivity contribution in [1.82, 2.24) is 10.2 Å². The monoisotopic (exact) mass is 456 g/mol. The first-order valence-electron chi connectivity index (χ1n) is 10.7. The first-order valence-corrected chi connectivity index (χ1v) is 11.1. The number of halogens is 1. The smallest absolute Gasteiger partial charge is 0.338 e. The van der Waals surface area contributed by atoms with Crippen LogP contribution in [0.1, 0.15) is 42.1 Å². The first kappa shape index (κ1) is 23.7. The molecule has 1 aliphatic rings. The van der Waals surface area contributed by atoms with Crippen LogP contribution in [0.25, 0.3) is 0 Å². The number of hydrogen-bond acceptors (Lipinski definition) is 4. The Bertz CT molecular complexity index is 1060. The van der Waals surface area contributed by atoms with Gasteiger partial charge in [-0.3, -0.25) is 4.90 Å². The molecular weight excluding hydrogens is 428 g/mol. The predicted octanol–water partition coefficient (Wildman–Crippen LogP) is 5.25. The van der Waals surface area contributed by atoms with Crippen LogP contribution in [-0.2, 0) is 9.53 Å². The summed E-state index contributed by atoms with van der Waals surface area (Å²) in [6.45, 7) is 10.3. The Morgan fingerprint density at radius 1 is 1.16 bits per heavy atom. The number of nitrogens with zero attached hydrogens (tertiary/aromatic N) is 1. The fraction of sp³-hybridized carbons (Fsp3) is 0.360. The predicted molar refractivity (Wildman–Crippen MR) is 125 cm³/mol. The number of likely N-dealkylation sites (N-methyl/N-ethyl adjacent to an activating group) is 1. The average Bonchev–Trinajstić information content (AvgIpc) is 2.74. The minimum absolute atomic E-state index is 0.0518. The second-order valence-corrected chi connectivity index (χ2v) is 8.19. The van der Waals surface area contributed by atoms with E-state index in [2.05, 4.69) is 11.4 Å². The van der Waals surface area contributed by atoms with Crippen LogP contribution in [0.2, 0.25) is 5.02 Å². The van der Waals surface area contributed by atoms with Crippen LogP contribution >= 0.6 is 11.6 Å². The van der Waals surface area contributed by atoms with Gasteiger partial charge in [0.1, 0.15) is 12.4 Å². The van der Waals surface area contributed by atoms with E-state index in [4.69, 9.17) is 21.1 Å². The summed E-state index contributed by atoms with van der Waals surface area (Å²) in [6, 6.07) is 10.1. The van der Waals surface area contributed by atoms with Gasteiger partial charge in [-0.2, -0.15) is 0 Å². The van der Waals surface area contributed by atoms with Gasteiger partial charge in [0.05, 0.1) is 23.9 Å². The standard InChI is InChI=1S/C25H29ClN2O4/c1-6-28-20(14-32-21-12-15(3)11-16(4)17(21)5)22(24(29)31-7-2)23(27-25(28)30)18-9-8-10-19(26)13-18/h8-13,23H,6-7,14H2,1-5H3,(H,27,30)/t23-/m0/s1. The molecule has 1 N–H and O–H groups in total. The van der Waals surface area contributed by atoms with Crippen molar-refractivity contribution in [2.45, 2.75) is 40.7 Å². The molecular formula is C25H29ClN2O4. The van der Waals surface area contributed by atoms with Gasteiger partial charge in [-0.15, -0.1) is 0 Å². The fourth-order valence-electron chi connectivity index (χ4n) is 3.88. The topological polar surface area (TPSA) is 67.9 Å². The Morgan fingerprint density at radius 3 is 2.56 bits per heavy atom. The summed E-state index contributed by atoms with van der Waals surface area (Å²) in [4.78, 5) is 27.6. The van der Waals surface area contributed by atoms with Gasteiger partial charge in [0.2, 0.25) is 0 Å². The Balaban J connectivity index is 2.10. The highest BCUT2D eigenvalue weighted by atomic mass is 35.5. The fourth-order valence-corrected chi connectivity index (χ4v) is 4.07. The van der Waals surface area contributed by atoms with E-state index < -0.39 is 12.0 Å². The van der Waals surface area contributed by atoms with Gasteiger partial charge in [-0.1, -0.05) is 29.8 Å². The van der Waals surface area contributed by atoms with Gasteiger partial charge < -0.3 is 14.8 Å². The summed E-state index contributed by atoms with van der Waals surface area (Å²) in [5.41, 5.74) is 4.74. The molecule has 32 heavy (non-hydrogen) atoms. The molecule has 6 nitrogen and oxygen atoms in total. The molecule has 0 radical (unpaired) electrons. The zero-order valence-electron chi connectivity index (χ0n) is 19.1. The lowest BCUT2D eigenvalue weighted by Crippen LogP contribution is -2.49. The van der Waals surface area contributed by atoms with Crippen molar-refractivity contribution in [2.75, 3.05) is 19.8 Å². The Hall–Kier alpha value is -2.99. The molecule has 3 rings (SSSR count). The normalized spacial score (nSPS) is 16.1. The molecule has 0 aliphatic carbocycles. The highest BCUT2D eigenvalue weighted by Crippen LogP contribution is 2.33. The minimum atomic E-state index is -0.693. The van der Waals surface area contributed by atoms with E-state index in [9.17, 15) is 9.59 Å². The summed E-state index contributed by atoms with van der Waals surface area (Å²) in [5, 5.41) is 3.44. The molecule has 170 valence electrons. The molecule has 0 bridgehead atoms. The number of amides is 2. The second-order valence-electron chi connectivity index (χ2n) is 7.76. The molecule has 0 saturated carbocycles. The molecule has 1 heterocycles. The van der Waals surface area contributed by atoms with Crippen LogP contribution in [0.3, 0.4) is 0 Å². The third kappa shape index (κ3) is 4.91. The van der Waals surface area contributed by atoms with E-state index in [1.165, 1.54) is 4.90 Å². The van der Waals surface area contributed by atoms with Crippen LogP contribution in [0, 0.1) is 20.8 Å². The van der Waals surface area contributed by atoms with Crippen LogP contribution in [0.4, 0.5) is 4.79 Å².